The highest BCUT2D eigenvalue weighted by Gasteiger charge is 2.25. The van der Waals surface area contributed by atoms with Gasteiger partial charge in [-0.05, 0) is 20.8 Å². The summed E-state index contributed by atoms with van der Waals surface area (Å²) in [5.74, 6) is 0.714. The number of hydrogen-bond acceptors (Lipinski definition) is 6. The van der Waals surface area contributed by atoms with Crippen molar-refractivity contribution in [1.82, 2.24) is 9.97 Å². The number of anilines is 3. The molecule has 7 nitrogen and oxygen atoms in total. The molecule has 0 aliphatic rings. The zero-order chi connectivity index (χ0) is 13.1. The minimum absolute atomic E-state index is 0.131. The molecule has 0 aromatic carbocycles. The lowest BCUT2D eigenvalue weighted by molar-refractivity contribution is -0.121. The van der Waals surface area contributed by atoms with E-state index in [1.807, 2.05) is 6.92 Å². The molecule has 1 heterocycles. The first-order valence-corrected chi connectivity index (χ1v) is 5.31. The van der Waals surface area contributed by atoms with Crippen LogP contribution in [0.25, 0.3) is 0 Å². The van der Waals surface area contributed by atoms with Crippen LogP contribution in [-0.4, -0.2) is 28.0 Å². The van der Waals surface area contributed by atoms with Gasteiger partial charge in [-0.2, -0.15) is 9.97 Å². The number of nitrogen functional groups attached to an aromatic ring is 1. The second kappa shape index (κ2) is 4.86. The lowest BCUT2D eigenvalue weighted by atomic mass is 10.1. The first-order chi connectivity index (χ1) is 7.85. The van der Waals surface area contributed by atoms with Gasteiger partial charge in [-0.3, -0.25) is 4.79 Å². The molecule has 1 amide bonds. The van der Waals surface area contributed by atoms with E-state index in [-0.39, 0.29) is 5.95 Å². The molecular weight excluding hydrogens is 220 g/mol. The number of nitrogens with one attached hydrogen (secondary N) is 2. The van der Waals surface area contributed by atoms with E-state index in [1.165, 1.54) is 0 Å². The fraction of sp³-hybridized carbons (Fsp3) is 0.500. The van der Waals surface area contributed by atoms with Gasteiger partial charge in [0, 0.05) is 12.6 Å². The Hall–Kier alpha value is -2.05. The molecule has 1 aromatic rings. The fourth-order valence-corrected chi connectivity index (χ4v) is 1.18. The lowest BCUT2D eigenvalue weighted by Gasteiger charge is -2.23. The zero-order valence-corrected chi connectivity index (χ0v) is 10.2. The quantitative estimate of drug-likeness (QED) is 0.580. The van der Waals surface area contributed by atoms with E-state index in [0.717, 1.165) is 6.54 Å². The monoisotopic (exact) mass is 238 g/mol. The summed E-state index contributed by atoms with van der Waals surface area (Å²) in [5.41, 5.74) is 9.93. The van der Waals surface area contributed by atoms with Crippen LogP contribution < -0.4 is 22.1 Å². The predicted octanol–water partition coefficient (Wildman–Crippen LogP) is 0.166. The van der Waals surface area contributed by atoms with Crippen LogP contribution in [0.5, 0.6) is 0 Å². The minimum Gasteiger partial charge on any atom is -0.370 e. The molecule has 0 atom stereocenters. The fourth-order valence-electron chi connectivity index (χ4n) is 1.18. The molecule has 0 fully saturated rings. The maximum Gasteiger partial charge on any atom is 0.242 e. The molecule has 0 spiro atoms. The van der Waals surface area contributed by atoms with Gasteiger partial charge >= 0.3 is 0 Å². The van der Waals surface area contributed by atoms with E-state index in [1.54, 1.807) is 19.9 Å². The number of carbonyl (C=O) groups is 1. The average Bonchev–Trinajstić information content (AvgIpc) is 2.15. The molecule has 17 heavy (non-hydrogen) atoms. The molecule has 6 N–H and O–H groups in total. The number of nitrogens with two attached hydrogens (primary N) is 2. The third-order valence-electron chi connectivity index (χ3n) is 2.16. The maximum absolute atomic E-state index is 11.2. The molecule has 0 saturated heterocycles. The molecule has 0 saturated carbocycles. The minimum atomic E-state index is -0.899. The highest BCUT2D eigenvalue weighted by molar-refractivity contribution is 5.86. The van der Waals surface area contributed by atoms with Crippen LogP contribution in [0.1, 0.15) is 20.8 Å². The first-order valence-electron chi connectivity index (χ1n) is 5.31. The van der Waals surface area contributed by atoms with Crippen molar-refractivity contribution in [3.8, 4) is 0 Å². The standard InChI is InChI=1S/C10H18N6O/c1-4-13-6-5-7(15-9(12)14-6)16-10(2,3)8(11)17/h5H,4H2,1-3H3,(H2,11,17)(H4,12,13,14,15,16). The van der Waals surface area contributed by atoms with Crippen LogP contribution >= 0.6 is 0 Å². The van der Waals surface area contributed by atoms with E-state index in [4.69, 9.17) is 11.5 Å². The van der Waals surface area contributed by atoms with Gasteiger partial charge in [-0.15, -0.1) is 0 Å². The Balaban J connectivity index is 2.95. The molecule has 7 heteroatoms. The van der Waals surface area contributed by atoms with E-state index in [2.05, 4.69) is 20.6 Å². The van der Waals surface area contributed by atoms with Crippen molar-refractivity contribution in [1.29, 1.82) is 0 Å². The largest absolute Gasteiger partial charge is 0.370 e. The molecule has 0 bridgehead atoms. The van der Waals surface area contributed by atoms with Crippen LogP contribution in [0, 0.1) is 0 Å². The van der Waals surface area contributed by atoms with Crippen LogP contribution in [0.15, 0.2) is 6.07 Å². The van der Waals surface area contributed by atoms with E-state index < -0.39 is 11.4 Å². The number of aromatic nitrogens is 2. The van der Waals surface area contributed by atoms with Crippen LogP contribution in [0.4, 0.5) is 17.6 Å². The van der Waals surface area contributed by atoms with Gasteiger partial charge in [-0.25, -0.2) is 0 Å². The van der Waals surface area contributed by atoms with Gasteiger partial charge in [0.1, 0.15) is 17.2 Å². The smallest absolute Gasteiger partial charge is 0.242 e. The van der Waals surface area contributed by atoms with Crippen molar-refractivity contribution >= 4 is 23.5 Å². The average molecular weight is 238 g/mol. The summed E-state index contributed by atoms with van der Waals surface area (Å²) in [4.78, 5) is 19.2. The lowest BCUT2D eigenvalue weighted by Crippen LogP contribution is -2.45. The Kier molecular flexibility index (Phi) is 3.72. The zero-order valence-electron chi connectivity index (χ0n) is 10.2. The molecule has 1 aromatic heterocycles. The third-order valence-corrected chi connectivity index (χ3v) is 2.16. The Bertz CT molecular complexity index is 417. The number of primary amides is 1. The van der Waals surface area contributed by atoms with Crippen LogP contribution in [0.2, 0.25) is 0 Å². The Labute approximate surface area is 100 Å². The third kappa shape index (κ3) is 3.47. The molecule has 0 unspecified atom stereocenters. The van der Waals surface area contributed by atoms with Gasteiger partial charge < -0.3 is 22.1 Å². The maximum atomic E-state index is 11.2. The van der Waals surface area contributed by atoms with Crippen molar-refractivity contribution < 1.29 is 4.79 Å². The van der Waals surface area contributed by atoms with Crippen molar-refractivity contribution in [3.05, 3.63) is 6.07 Å². The van der Waals surface area contributed by atoms with E-state index in [0.29, 0.717) is 11.6 Å². The molecule has 0 aliphatic heterocycles. The predicted molar refractivity (Wildman–Crippen MR) is 67.5 cm³/mol. The Morgan fingerprint density at radius 2 is 2.00 bits per heavy atom. The van der Waals surface area contributed by atoms with Crippen molar-refractivity contribution in [2.45, 2.75) is 26.3 Å². The van der Waals surface area contributed by atoms with Gasteiger partial charge in [-0.1, -0.05) is 0 Å². The Morgan fingerprint density at radius 3 is 2.53 bits per heavy atom. The van der Waals surface area contributed by atoms with Gasteiger partial charge in [0.05, 0.1) is 0 Å². The van der Waals surface area contributed by atoms with E-state index >= 15 is 0 Å². The molecule has 1 rings (SSSR count). The molecular formula is C10H18N6O. The summed E-state index contributed by atoms with van der Waals surface area (Å²) < 4.78 is 0. The summed E-state index contributed by atoms with van der Waals surface area (Å²) >= 11 is 0. The topological polar surface area (TPSA) is 119 Å². The number of carbonyl (C=O) groups excluding carboxylic acids is 1. The second-order valence-corrected chi connectivity index (χ2v) is 4.14. The van der Waals surface area contributed by atoms with Gasteiger partial charge in [0.25, 0.3) is 0 Å². The molecule has 0 aliphatic carbocycles. The number of amides is 1. The Morgan fingerprint density at radius 1 is 1.41 bits per heavy atom. The highest BCUT2D eigenvalue weighted by Crippen LogP contribution is 2.16. The summed E-state index contributed by atoms with van der Waals surface area (Å²) in [7, 11) is 0. The summed E-state index contributed by atoms with van der Waals surface area (Å²) in [6, 6.07) is 1.67. The number of rotatable bonds is 5. The SMILES string of the molecule is CCNc1cc(NC(C)(C)C(N)=O)nc(N)n1. The van der Waals surface area contributed by atoms with Crippen LogP contribution in [-0.2, 0) is 4.79 Å². The second-order valence-electron chi connectivity index (χ2n) is 4.14. The van der Waals surface area contributed by atoms with Crippen molar-refractivity contribution in [2.24, 2.45) is 5.73 Å². The summed E-state index contributed by atoms with van der Waals surface area (Å²) in [5, 5.41) is 5.93. The van der Waals surface area contributed by atoms with Crippen molar-refractivity contribution in [2.75, 3.05) is 22.9 Å². The number of hydrogen-bond donors (Lipinski definition) is 4. The summed E-state index contributed by atoms with van der Waals surface area (Å²) in [6.45, 7) is 6.00. The summed E-state index contributed by atoms with van der Waals surface area (Å²) in [6.07, 6.45) is 0. The molecule has 0 radical (unpaired) electrons. The normalized spacial score (nSPS) is 11.0. The van der Waals surface area contributed by atoms with Crippen molar-refractivity contribution in [3.63, 3.8) is 0 Å². The van der Waals surface area contributed by atoms with Gasteiger partial charge in [0.15, 0.2) is 0 Å². The molecule has 94 valence electrons. The number of nitrogens with zero attached hydrogens (tertiary/aromatic N) is 2. The van der Waals surface area contributed by atoms with Gasteiger partial charge in [0.2, 0.25) is 11.9 Å². The highest BCUT2D eigenvalue weighted by atomic mass is 16.1. The van der Waals surface area contributed by atoms with E-state index in [9.17, 15) is 4.79 Å². The van der Waals surface area contributed by atoms with Crippen LogP contribution in [0.3, 0.4) is 0 Å². The first kappa shape index (κ1) is 13.0.